The number of nitrogens with zero attached hydrogens (tertiary/aromatic N) is 2. The van der Waals surface area contributed by atoms with Crippen molar-refractivity contribution in [3.63, 3.8) is 0 Å². The maximum Gasteiger partial charge on any atom is 0.263 e. The highest BCUT2D eigenvalue weighted by Gasteiger charge is 2.53. The molecule has 1 unspecified atom stereocenters. The molecule has 0 aromatic rings. The Balaban J connectivity index is 1.67. The summed E-state index contributed by atoms with van der Waals surface area (Å²) >= 11 is 0. The number of hydrogen-bond acceptors (Lipinski definition) is 3. The second-order valence-corrected chi connectivity index (χ2v) is 9.17. The molecule has 1 N–H and O–H groups in total. The highest BCUT2D eigenvalue weighted by Crippen LogP contribution is 2.61. The van der Waals surface area contributed by atoms with E-state index in [-0.39, 0.29) is 22.9 Å². The van der Waals surface area contributed by atoms with Crippen molar-refractivity contribution in [3.8, 4) is 6.07 Å². The predicted molar refractivity (Wildman–Crippen MR) is 104 cm³/mol. The van der Waals surface area contributed by atoms with Crippen molar-refractivity contribution in [1.29, 1.82) is 5.26 Å². The van der Waals surface area contributed by atoms with Gasteiger partial charge in [0, 0.05) is 25.3 Å². The number of carbonyl (C=O) groups is 1. The largest absolute Gasteiger partial charge is 0.376 e. The Morgan fingerprint density at radius 3 is 2.08 bits per heavy atom. The molecule has 0 aliphatic heterocycles. The summed E-state index contributed by atoms with van der Waals surface area (Å²) in [7, 11) is 0. The van der Waals surface area contributed by atoms with Gasteiger partial charge in [0.15, 0.2) is 0 Å². The van der Waals surface area contributed by atoms with Gasteiger partial charge in [0.25, 0.3) is 5.91 Å². The zero-order valence-corrected chi connectivity index (χ0v) is 16.8. The Labute approximate surface area is 159 Å². The second-order valence-electron chi connectivity index (χ2n) is 9.17. The molecule has 1 amide bonds. The van der Waals surface area contributed by atoms with E-state index in [4.69, 9.17) is 0 Å². The molecule has 0 radical (unpaired) electrons. The van der Waals surface area contributed by atoms with Crippen molar-refractivity contribution < 1.29 is 4.79 Å². The van der Waals surface area contributed by atoms with Crippen LogP contribution >= 0.6 is 0 Å². The van der Waals surface area contributed by atoms with Gasteiger partial charge in [-0.3, -0.25) is 4.79 Å². The van der Waals surface area contributed by atoms with Gasteiger partial charge in [-0.1, -0.05) is 13.8 Å². The minimum Gasteiger partial charge on any atom is -0.376 e. The first kappa shape index (κ1) is 19.3. The van der Waals surface area contributed by atoms with E-state index in [1.165, 1.54) is 38.5 Å². The summed E-state index contributed by atoms with van der Waals surface area (Å²) in [6.07, 6.45) is 11.8. The van der Waals surface area contributed by atoms with Crippen LogP contribution in [0.5, 0.6) is 0 Å². The monoisotopic (exact) mass is 357 g/mol. The third-order valence-electron chi connectivity index (χ3n) is 7.05. The number of amides is 1. The Bertz CT molecular complexity index is 547. The zero-order chi connectivity index (χ0) is 18.7. The highest BCUT2D eigenvalue weighted by molar-refractivity contribution is 5.97. The molecule has 144 valence electrons. The van der Waals surface area contributed by atoms with Crippen LogP contribution in [0.25, 0.3) is 0 Å². The highest BCUT2D eigenvalue weighted by atomic mass is 16.1. The Morgan fingerprint density at radius 2 is 1.65 bits per heavy atom. The Morgan fingerprint density at radius 1 is 1.15 bits per heavy atom. The predicted octanol–water partition coefficient (Wildman–Crippen LogP) is 4.24. The minimum absolute atomic E-state index is 0.158. The number of carbonyl (C=O) groups excluding carboxylic acids is 1. The summed E-state index contributed by atoms with van der Waals surface area (Å²) < 4.78 is 0. The van der Waals surface area contributed by atoms with Crippen LogP contribution in [0.1, 0.15) is 72.1 Å². The fourth-order valence-electron chi connectivity index (χ4n) is 6.27. The van der Waals surface area contributed by atoms with Gasteiger partial charge in [-0.2, -0.15) is 5.26 Å². The lowest BCUT2D eigenvalue weighted by molar-refractivity contribution is -0.122. The van der Waals surface area contributed by atoms with Crippen LogP contribution in [0.4, 0.5) is 0 Å². The van der Waals surface area contributed by atoms with E-state index in [0.29, 0.717) is 0 Å². The molecule has 4 bridgehead atoms. The number of nitrogens with one attached hydrogen (secondary N) is 1. The molecule has 0 saturated heterocycles. The van der Waals surface area contributed by atoms with Gasteiger partial charge in [0.05, 0.1) is 0 Å². The molecule has 1 atom stereocenters. The van der Waals surface area contributed by atoms with E-state index in [1.54, 1.807) is 6.20 Å². The topological polar surface area (TPSA) is 56.1 Å². The van der Waals surface area contributed by atoms with E-state index in [0.717, 1.165) is 43.7 Å². The van der Waals surface area contributed by atoms with Crippen LogP contribution in [0.2, 0.25) is 0 Å². The third kappa shape index (κ3) is 3.92. The summed E-state index contributed by atoms with van der Waals surface area (Å²) in [4.78, 5) is 14.9. The first-order valence-electron chi connectivity index (χ1n) is 10.7. The van der Waals surface area contributed by atoms with Crippen LogP contribution < -0.4 is 5.32 Å². The average Bonchev–Trinajstić information content (AvgIpc) is 2.58. The van der Waals surface area contributed by atoms with E-state index >= 15 is 0 Å². The molecular weight excluding hydrogens is 322 g/mol. The van der Waals surface area contributed by atoms with Crippen molar-refractivity contribution >= 4 is 5.91 Å². The molecule has 4 fully saturated rings. The minimum atomic E-state index is -0.187. The molecule has 0 aromatic heterocycles. The fraction of sp³-hybridized carbons (Fsp3) is 0.818. The molecule has 26 heavy (non-hydrogen) atoms. The van der Waals surface area contributed by atoms with E-state index < -0.39 is 0 Å². The van der Waals surface area contributed by atoms with Gasteiger partial charge in [0.1, 0.15) is 11.6 Å². The van der Waals surface area contributed by atoms with Crippen LogP contribution in [-0.4, -0.2) is 29.9 Å². The summed E-state index contributed by atoms with van der Waals surface area (Å²) in [6, 6.07) is 2.29. The molecular formula is C22H35N3O. The molecule has 4 saturated carbocycles. The Kier molecular flexibility index (Phi) is 5.95. The van der Waals surface area contributed by atoms with Crippen molar-refractivity contribution in [2.75, 3.05) is 13.1 Å². The molecule has 4 rings (SSSR count). The molecule has 4 nitrogen and oxygen atoms in total. The standard InChI is InChI=1S/C22H35N3O/c1-4-6-25(7-5-2)15-20(14-23)21(26)24-16(3)22-11-17-8-18(12-22)10-19(9-17)13-22/h15-19H,4-13H2,1-3H3,(H,24,26)/b20-15-. The molecule has 0 spiro atoms. The lowest BCUT2D eigenvalue weighted by Gasteiger charge is -2.59. The molecule has 4 aliphatic rings. The molecule has 0 aromatic carbocycles. The van der Waals surface area contributed by atoms with Crippen molar-refractivity contribution in [2.24, 2.45) is 23.2 Å². The van der Waals surface area contributed by atoms with Gasteiger partial charge in [-0.15, -0.1) is 0 Å². The van der Waals surface area contributed by atoms with Crippen LogP contribution in [-0.2, 0) is 4.79 Å². The number of nitriles is 1. The van der Waals surface area contributed by atoms with E-state index in [1.807, 2.05) is 0 Å². The zero-order valence-electron chi connectivity index (χ0n) is 16.8. The van der Waals surface area contributed by atoms with Gasteiger partial charge in [0.2, 0.25) is 0 Å². The third-order valence-corrected chi connectivity index (χ3v) is 7.05. The smallest absolute Gasteiger partial charge is 0.263 e. The summed E-state index contributed by atoms with van der Waals surface area (Å²) in [5.74, 6) is 2.43. The average molecular weight is 358 g/mol. The van der Waals surface area contributed by atoms with Gasteiger partial charge in [-0.25, -0.2) is 0 Å². The number of hydrogen-bond donors (Lipinski definition) is 1. The maximum atomic E-state index is 12.8. The van der Waals surface area contributed by atoms with Crippen LogP contribution in [0.15, 0.2) is 11.8 Å². The molecule has 4 heteroatoms. The van der Waals surface area contributed by atoms with E-state index in [9.17, 15) is 10.1 Å². The first-order valence-corrected chi connectivity index (χ1v) is 10.7. The fourth-order valence-corrected chi connectivity index (χ4v) is 6.27. The SMILES string of the molecule is CCCN(/C=C(/C#N)C(=O)NC(C)C12CC3CC(CC(C3)C1)C2)CCC. The van der Waals surface area contributed by atoms with Crippen LogP contribution in [0.3, 0.4) is 0 Å². The van der Waals surface area contributed by atoms with Crippen molar-refractivity contribution in [2.45, 2.75) is 78.2 Å². The van der Waals surface area contributed by atoms with Gasteiger partial charge < -0.3 is 10.2 Å². The maximum absolute atomic E-state index is 12.8. The molecule has 4 aliphatic carbocycles. The quantitative estimate of drug-likeness (QED) is 0.522. The van der Waals surface area contributed by atoms with Gasteiger partial charge >= 0.3 is 0 Å². The van der Waals surface area contributed by atoms with E-state index in [2.05, 4.69) is 37.1 Å². The molecule has 0 heterocycles. The lowest BCUT2D eigenvalue weighted by Crippen LogP contribution is -2.56. The second kappa shape index (κ2) is 8.03. The number of rotatable bonds is 8. The van der Waals surface area contributed by atoms with Crippen molar-refractivity contribution in [1.82, 2.24) is 10.2 Å². The first-order chi connectivity index (χ1) is 12.5. The van der Waals surface area contributed by atoms with Crippen molar-refractivity contribution in [3.05, 3.63) is 11.8 Å². The normalized spacial score (nSPS) is 33.6. The van der Waals surface area contributed by atoms with Crippen LogP contribution in [0, 0.1) is 34.5 Å². The Hall–Kier alpha value is -1.50. The summed E-state index contributed by atoms with van der Waals surface area (Å²) in [5, 5.41) is 12.7. The summed E-state index contributed by atoms with van der Waals surface area (Å²) in [6.45, 7) is 8.19. The lowest BCUT2D eigenvalue weighted by atomic mass is 9.48. The van der Waals surface area contributed by atoms with Gasteiger partial charge in [-0.05, 0) is 81.5 Å². The summed E-state index contributed by atoms with van der Waals surface area (Å²) in [5.41, 5.74) is 0.529.